The van der Waals surface area contributed by atoms with Crippen molar-refractivity contribution in [2.24, 2.45) is 5.73 Å². The van der Waals surface area contributed by atoms with Crippen LogP contribution in [0.1, 0.15) is 25.5 Å². The smallest absolute Gasteiger partial charge is 0.175 e. The number of hydrogen-bond donors (Lipinski definition) is 1. The van der Waals surface area contributed by atoms with Crippen molar-refractivity contribution in [1.82, 2.24) is 4.90 Å². The Bertz CT molecular complexity index is 480. The molecule has 102 valence electrons. The molecule has 2 unspecified atom stereocenters. The fraction of sp³-hybridized carbons (Fsp3) is 0.538. The van der Waals surface area contributed by atoms with Gasteiger partial charge in [0.15, 0.2) is 9.84 Å². The third-order valence-electron chi connectivity index (χ3n) is 3.03. The standard InChI is InChI=1S/C13H22N2O2S/c1-10(14)9-15(3)11(2)12-5-7-13(8-6-12)18(4,16)17/h5-8,10-11H,9,14H2,1-4H3. The predicted molar refractivity (Wildman–Crippen MR) is 74.2 cm³/mol. The number of benzene rings is 1. The Balaban J connectivity index is 2.85. The molecule has 0 bridgehead atoms. The first-order valence-electron chi connectivity index (χ1n) is 5.97. The van der Waals surface area contributed by atoms with Gasteiger partial charge in [-0.1, -0.05) is 12.1 Å². The average molecular weight is 270 g/mol. The first kappa shape index (κ1) is 15.1. The first-order chi connectivity index (χ1) is 8.21. The summed E-state index contributed by atoms with van der Waals surface area (Å²) in [5.41, 5.74) is 6.86. The summed E-state index contributed by atoms with van der Waals surface area (Å²) in [6.07, 6.45) is 1.22. The van der Waals surface area contributed by atoms with Crippen LogP contribution in [-0.2, 0) is 9.84 Å². The molecular weight excluding hydrogens is 248 g/mol. The minimum absolute atomic E-state index is 0.118. The van der Waals surface area contributed by atoms with Crippen molar-refractivity contribution in [2.45, 2.75) is 30.8 Å². The van der Waals surface area contributed by atoms with Crippen molar-refractivity contribution in [3.63, 3.8) is 0 Å². The van der Waals surface area contributed by atoms with Crippen LogP contribution in [0.3, 0.4) is 0 Å². The average Bonchev–Trinajstić information content (AvgIpc) is 2.26. The molecule has 1 aromatic carbocycles. The van der Waals surface area contributed by atoms with E-state index < -0.39 is 9.84 Å². The van der Waals surface area contributed by atoms with E-state index in [0.29, 0.717) is 4.90 Å². The van der Waals surface area contributed by atoms with Crippen molar-refractivity contribution in [2.75, 3.05) is 19.8 Å². The first-order valence-corrected chi connectivity index (χ1v) is 7.87. The van der Waals surface area contributed by atoms with Crippen LogP contribution in [0.2, 0.25) is 0 Å². The van der Waals surface area contributed by atoms with Crippen LogP contribution >= 0.6 is 0 Å². The van der Waals surface area contributed by atoms with Crippen LogP contribution in [0.4, 0.5) is 0 Å². The van der Waals surface area contributed by atoms with Gasteiger partial charge in [0.05, 0.1) is 4.90 Å². The second-order valence-corrected chi connectivity index (χ2v) is 6.95. The number of sulfone groups is 1. The molecule has 5 heteroatoms. The summed E-state index contributed by atoms with van der Waals surface area (Å²) in [6, 6.07) is 7.36. The van der Waals surface area contributed by atoms with E-state index in [4.69, 9.17) is 5.73 Å². The number of likely N-dealkylation sites (N-methyl/N-ethyl adjacent to an activating group) is 1. The Hall–Kier alpha value is -0.910. The van der Waals surface area contributed by atoms with E-state index in [1.54, 1.807) is 12.1 Å². The lowest BCUT2D eigenvalue weighted by molar-refractivity contribution is 0.249. The van der Waals surface area contributed by atoms with E-state index in [0.717, 1.165) is 12.1 Å². The Morgan fingerprint density at radius 2 is 1.72 bits per heavy atom. The maximum Gasteiger partial charge on any atom is 0.175 e. The SMILES string of the molecule is CC(N)CN(C)C(C)c1ccc(S(C)(=O)=O)cc1. The Labute approximate surface area is 110 Å². The zero-order chi connectivity index (χ0) is 13.9. The van der Waals surface area contributed by atoms with E-state index in [1.807, 2.05) is 26.1 Å². The third kappa shape index (κ3) is 4.08. The molecule has 0 aliphatic rings. The zero-order valence-corrected chi connectivity index (χ0v) is 12.2. The topological polar surface area (TPSA) is 63.4 Å². The maximum atomic E-state index is 11.4. The van der Waals surface area contributed by atoms with Gasteiger partial charge in [-0.05, 0) is 38.6 Å². The summed E-state index contributed by atoms with van der Waals surface area (Å²) < 4.78 is 22.7. The van der Waals surface area contributed by atoms with Crippen molar-refractivity contribution >= 4 is 9.84 Å². The summed E-state index contributed by atoms with van der Waals surface area (Å²) in [6.45, 7) is 4.85. The second-order valence-electron chi connectivity index (χ2n) is 4.93. The lowest BCUT2D eigenvalue weighted by Gasteiger charge is -2.26. The van der Waals surface area contributed by atoms with Gasteiger partial charge in [0.25, 0.3) is 0 Å². The van der Waals surface area contributed by atoms with Gasteiger partial charge in [-0.3, -0.25) is 4.90 Å². The Morgan fingerprint density at radius 1 is 1.22 bits per heavy atom. The van der Waals surface area contributed by atoms with Crippen LogP contribution in [0, 0.1) is 0 Å². The molecule has 0 aliphatic carbocycles. The monoisotopic (exact) mass is 270 g/mol. The molecule has 2 atom stereocenters. The quantitative estimate of drug-likeness (QED) is 0.879. The number of rotatable bonds is 5. The second kappa shape index (κ2) is 5.82. The minimum Gasteiger partial charge on any atom is -0.327 e. The molecule has 0 aliphatic heterocycles. The van der Waals surface area contributed by atoms with E-state index in [2.05, 4.69) is 11.8 Å². The molecule has 4 nitrogen and oxygen atoms in total. The molecule has 0 radical (unpaired) electrons. The number of hydrogen-bond acceptors (Lipinski definition) is 4. The van der Waals surface area contributed by atoms with E-state index in [-0.39, 0.29) is 12.1 Å². The molecule has 1 rings (SSSR count). The summed E-state index contributed by atoms with van der Waals surface area (Å²) >= 11 is 0. The third-order valence-corrected chi connectivity index (χ3v) is 4.16. The van der Waals surface area contributed by atoms with E-state index in [9.17, 15) is 8.42 Å². The van der Waals surface area contributed by atoms with Crippen molar-refractivity contribution < 1.29 is 8.42 Å². The normalized spacial score (nSPS) is 15.7. The van der Waals surface area contributed by atoms with Crippen LogP contribution in [0.5, 0.6) is 0 Å². The molecule has 0 saturated carbocycles. The maximum absolute atomic E-state index is 11.4. The zero-order valence-electron chi connectivity index (χ0n) is 11.4. The van der Waals surface area contributed by atoms with E-state index >= 15 is 0 Å². The predicted octanol–water partition coefficient (Wildman–Crippen LogP) is 1.43. The highest BCUT2D eigenvalue weighted by Crippen LogP contribution is 2.20. The van der Waals surface area contributed by atoms with Gasteiger partial charge in [0.1, 0.15) is 0 Å². The van der Waals surface area contributed by atoms with Gasteiger partial charge < -0.3 is 5.73 Å². The molecule has 0 amide bonds. The van der Waals surface area contributed by atoms with Crippen molar-refractivity contribution in [3.8, 4) is 0 Å². The molecule has 2 N–H and O–H groups in total. The molecular formula is C13H22N2O2S. The largest absolute Gasteiger partial charge is 0.327 e. The van der Waals surface area contributed by atoms with E-state index in [1.165, 1.54) is 6.26 Å². The minimum atomic E-state index is -3.12. The Kier molecular flexibility index (Phi) is 4.90. The summed E-state index contributed by atoms with van der Waals surface area (Å²) in [5, 5.41) is 0. The lowest BCUT2D eigenvalue weighted by atomic mass is 10.1. The van der Waals surface area contributed by atoms with Crippen molar-refractivity contribution in [1.29, 1.82) is 0 Å². The Morgan fingerprint density at radius 3 is 2.11 bits per heavy atom. The van der Waals surface area contributed by atoms with Gasteiger partial charge >= 0.3 is 0 Å². The molecule has 1 aromatic rings. The van der Waals surface area contributed by atoms with Gasteiger partial charge in [0.2, 0.25) is 0 Å². The number of nitrogens with two attached hydrogens (primary N) is 1. The van der Waals surface area contributed by atoms with Gasteiger partial charge in [-0.15, -0.1) is 0 Å². The molecule has 0 spiro atoms. The van der Waals surface area contributed by atoms with Crippen molar-refractivity contribution in [3.05, 3.63) is 29.8 Å². The highest BCUT2D eigenvalue weighted by Gasteiger charge is 2.14. The molecule has 0 heterocycles. The summed E-state index contributed by atoms with van der Waals surface area (Å²) in [7, 11) is -1.11. The highest BCUT2D eigenvalue weighted by atomic mass is 32.2. The van der Waals surface area contributed by atoms with Gasteiger partial charge in [-0.25, -0.2) is 8.42 Å². The fourth-order valence-electron chi connectivity index (χ4n) is 1.86. The summed E-state index contributed by atoms with van der Waals surface area (Å²) in [4.78, 5) is 2.51. The van der Waals surface area contributed by atoms with Gasteiger partial charge in [-0.2, -0.15) is 0 Å². The van der Waals surface area contributed by atoms with Crippen LogP contribution in [0.25, 0.3) is 0 Å². The van der Waals surface area contributed by atoms with Crippen LogP contribution in [-0.4, -0.2) is 39.2 Å². The summed E-state index contributed by atoms with van der Waals surface area (Å²) in [5.74, 6) is 0. The fourth-order valence-corrected chi connectivity index (χ4v) is 2.49. The molecule has 0 aromatic heterocycles. The molecule has 0 fully saturated rings. The molecule has 0 saturated heterocycles. The highest BCUT2D eigenvalue weighted by molar-refractivity contribution is 7.90. The lowest BCUT2D eigenvalue weighted by Crippen LogP contribution is -2.34. The molecule has 18 heavy (non-hydrogen) atoms. The van der Waals surface area contributed by atoms with Crippen LogP contribution < -0.4 is 5.73 Å². The number of nitrogens with zero attached hydrogens (tertiary/aromatic N) is 1. The van der Waals surface area contributed by atoms with Crippen LogP contribution in [0.15, 0.2) is 29.2 Å². The van der Waals surface area contributed by atoms with Gasteiger partial charge in [0, 0.05) is 24.9 Å².